The summed E-state index contributed by atoms with van der Waals surface area (Å²) >= 11 is 0. The maximum atomic E-state index is 13.4. The lowest BCUT2D eigenvalue weighted by Crippen LogP contribution is -2.07. The molecule has 100 valence electrons. The number of methoxy groups -OCH3 is 1. The second-order valence-electron chi connectivity index (χ2n) is 3.74. The summed E-state index contributed by atoms with van der Waals surface area (Å²) in [4.78, 5) is 11.4. The molecular weight excluding hydrogens is 256 g/mol. The molecule has 0 aliphatic rings. The normalized spacial score (nSPS) is 10.3. The molecule has 19 heavy (non-hydrogen) atoms. The van der Waals surface area contributed by atoms with Crippen molar-refractivity contribution in [1.29, 1.82) is 0 Å². The number of carbonyl (C=O) groups is 1. The van der Waals surface area contributed by atoms with Crippen LogP contribution in [0.5, 0.6) is 0 Å². The third kappa shape index (κ3) is 2.90. The molecule has 1 aromatic heterocycles. The minimum absolute atomic E-state index is 0.0533. The van der Waals surface area contributed by atoms with Gasteiger partial charge in [0.05, 0.1) is 19.1 Å². The molecule has 0 fully saturated rings. The molecule has 4 nitrogen and oxygen atoms in total. The number of hydrogen-bond acceptors (Lipinski definition) is 4. The van der Waals surface area contributed by atoms with Gasteiger partial charge in [0.2, 0.25) is 5.76 Å². The fourth-order valence-electron chi connectivity index (χ4n) is 1.57. The summed E-state index contributed by atoms with van der Waals surface area (Å²) < 4.78 is 35.6. The Kier molecular flexibility index (Phi) is 3.79. The Hall–Kier alpha value is -2.37. The topological polar surface area (TPSA) is 51.5 Å². The number of benzene rings is 1. The second kappa shape index (κ2) is 5.51. The largest absolute Gasteiger partial charge is 0.463 e. The average molecular weight is 267 g/mol. The Bertz CT molecular complexity index is 595. The van der Waals surface area contributed by atoms with E-state index in [0.717, 1.165) is 12.1 Å². The lowest BCUT2D eigenvalue weighted by atomic mass is 10.2. The molecule has 6 heteroatoms. The van der Waals surface area contributed by atoms with Crippen LogP contribution in [-0.2, 0) is 11.3 Å². The zero-order chi connectivity index (χ0) is 13.8. The maximum absolute atomic E-state index is 13.4. The highest BCUT2D eigenvalue weighted by Gasteiger charge is 2.15. The van der Waals surface area contributed by atoms with Crippen LogP contribution < -0.4 is 5.32 Å². The van der Waals surface area contributed by atoms with E-state index in [1.54, 1.807) is 6.07 Å². The van der Waals surface area contributed by atoms with Gasteiger partial charge in [-0.3, -0.25) is 0 Å². The molecule has 2 rings (SSSR count). The lowest BCUT2D eigenvalue weighted by Gasteiger charge is -2.07. The van der Waals surface area contributed by atoms with Crippen molar-refractivity contribution in [3.8, 4) is 0 Å². The van der Waals surface area contributed by atoms with Crippen molar-refractivity contribution in [3.05, 3.63) is 53.5 Å². The Balaban J connectivity index is 2.10. The van der Waals surface area contributed by atoms with Gasteiger partial charge in [0.15, 0.2) is 0 Å². The van der Waals surface area contributed by atoms with Crippen molar-refractivity contribution >= 4 is 11.7 Å². The van der Waals surface area contributed by atoms with Crippen molar-refractivity contribution in [2.45, 2.75) is 6.54 Å². The van der Waals surface area contributed by atoms with Gasteiger partial charge in [0, 0.05) is 18.2 Å². The zero-order valence-corrected chi connectivity index (χ0v) is 10.1. The Labute approximate surface area is 108 Å². The minimum atomic E-state index is -0.705. The third-order valence-electron chi connectivity index (χ3n) is 2.52. The van der Waals surface area contributed by atoms with Gasteiger partial charge < -0.3 is 14.5 Å². The summed E-state index contributed by atoms with van der Waals surface area (Å²) in [5.41, 5.74) is 0.661. The fourth-order valence-corrected chi connectivity index (χ4v) is 1.57. The van der Waals surface area contributed by atoms with Crippen LogP contribution in [0, 0.1) is 11.6 Å². The number of rotatable bonds is 4. The van der Waals surface area contributed by atoms with E-state index in [4.69, 9.17) is 4.42 Å². The van der Waals surface area contributed by atoms with Crippen LogP contribution in [0.15, 0.2) is 34.9 Å². The van der Waals surface area contributed by atoms with E-state index < -0.39 is 17.6 Å². The second-order valence-corrected chi connectivity index (χ2v) is 3.74. The van der Waals surface area contributed by atoms with E-state index >= 15 is 0 Å². The predicted molar refractivity (Wildman–Crippen MR) is 63.7 cm³/mol. The van der Waals surface area contributed by atoms with E-state index in [0.29, 0.717) is 5.56 Å². The lowest BCUT2D eigenvalue weighted by molar-refractivity contribution is 0.0563. The van der Waals surface area contributed by atoms with Crippen LogP contribution in [0.3, 0.4) is 0 Å². The Morgan fingerprint density at radius 3 is 2.84 bits per heavy atom. The monoisotopic (exact) mass is 267 g/mol. The van der Waals surface area contributed by atoms with Crippen molar-refractivity contribution in [2.24, 2.45) is 0 Å². The molecule has 2 aromatic rings. The predicted octanol–water partition coefficient (Wildman–Crippen LogP) is 2.96. The van der Waals surface area contributed by atoms with Gasteiger partial charge in [0.1, 0.15) is 11.6 Å². The molecule has 1 heterocycles. The number of esters is 1. The average Bonchev–Trinajstić information content (AvgIpc) is 2.85. The summed E-state index contributed by atoms with van der Waals surface area (Å²) in [6.07, 6.45) is 1.34. The maximum Gasteiger partial charge on any atom is 0.374 e. The van der Waals surface area contributed by atoms with E-state index in [9.17, 15) is 13.6 Å². The molecule has 0 unspecified atom stereocenters. The molecule has 1 N–H and O–H groups in total. The summed E-state index contributed by atoms with van der Waals surface area (Å²) in [6.45, 7) is 0.156. The number of ether oxygens (including phenoxy) is 1. The quantitative estimate of drug-likeness (QED) is 0.865. The molecule has 0 aliphatic carbocycles. The molecule has 0 saturated heterocycles. The Morgan fingerprint density at radius 1 is 1.37 bits per heavy atom. The van der Waals surface area contributed by atoms with E-state index in [2.05, 4.69) is 10.1 Å². The molecule has 0 bridgehead atoms. The zero-order valence-electron chi connectivity index (χ0n) is 10.1. The summed E-state index contributed by atoms with van der Waals surface area (Å²) in [5.74, 6) is -1.91. The van der Waals surface area contributed by atoms with Crippen LogP contribution in [0.1, 0.15) is 16.1 Å². The minimum Gasteiger partial charge on any atom is -0.463 e. The smallest absolute Gasteiger partial charge is 0.374 e. The van der Waals surface area contributed by atoms with Gasteiger partial charge in [-0.15, -0.1) is 0 Å². The summed E-state index contributed by atoms with van der Waals surface area (Å²) in [5, 5.41) is 2.75. The van der Waals surface area contributed by atoms with E-state index in [-0.39, 0.29) is 18.0 Å². The number of halogens is 2. The van der Waals surface area contributed by atoms with Gasteiger partial charge in [0.25, 0.3) is 0 Å². The van der Waals surface area contributed by atoms with Crippen LogP contribution in [-0.4, -0.2) is 13.1 Å². The van der Waals surface area contributed by atoms with Gasteiger partial charge in [-0.2, -0.15) is 0 Å². The molecule has 0 aliphatic heterocycles. The molecule has 0 amide bonds. The molecule has 0 saturated carbocycles. The fraction of sp³-hybridized carbons (Fsp3) is 0.154. The third-order valence-corrected chi connectivity index (χ3v) is 2.52. The number of anilines is 1. The summed E-state index contributed by atoms with van der Waals surface area (Å²) in [7, 11) is 1.24. The van der Waals surface area contributed by atoms with Crippen LogP contribution in [0.4, 0.5) is 14.5 Å². The standard InChI is InChI=1S/C13H11F2NO3/c1-18-13(17)12-8(4-5-19-12)7-16-11-3-2-9(14)6-10(11)15/h2-6,16H,7H2,1H3. The first-order chi connectivity index (χ1) is 9.11. The first-order valence-corrected chi connectivity index (χ1v) is 5.45. The SMILES string of the molecule is COC(=O)c1occc1CNc1ccc(F)cc1F. The Morgan fingerprint density at radius 2 is 2.16 bits per heavy atom. The number of furan rings is 1. The molecule has 0 radical (unpaired) electrons. The van der Waals surface area contributed by atoms with E-state index in [1.807, 2.05) is 0 Å². The van der Waals surface area contributed by atoms with E-state index in [1.165, 1.54) is 19.4 Å². The van der Waals surface area contributed by atoms with Gasteiger partial charge in [-0.1, -0.05) is 0 Å². The van der Waals surface area contributed by atoms with Crippen molar-refractivity contribution in [3.63, 3.8) is 0 Å². The number of hydrogen-bond donors (Lipinski definition) is 1. The van der Waals surface area contributed by atoms with Gasteiger partial charge in [-0.25, -0.2) is 13.6 Å². The van der Waals surface area contributed by atoms with Crippen LogP contribution in [0.25, 0.3) is 0 Å². The summed E-state index contributed by atoms with van der Waals surface area (Å²) in [6, 6.07) is 4.77. The van der Waals surface area contributed by atoms with Crippen molar-refractivity contribution < 1.29 is 22.7 Å². The van der Waals surface area contributed by atoms with Gasteiger partial charge in [-0.05, 0) is 18.2 Å². The van der Waals surface area contributed by atoms with Crippen molar-refractivity contribution in [2.75, 3.05) is 12.4 Å². The highest BCUT2D eigenvalue weighted by atomic mass is 19.1. The molecular formula is C13H11F2NO3. The highest BCUT2D eigenvalue weighted by Crippen LogP contribution is 2.18. The van der Waals surface area contributed by atoms with Crippen molar-refractivity contribution in [1.82, 2.24) is 0 Å². The molecule has 1 aromatic carbocycles. The van der Waals surface area contributed by atoms with Crippen LogP contribution in [0.2, 0.25) is 0 Å². The first kappa shape index (κ1) is 13.1. The van der Waals surface area contributed by atoms with Gasteiger partial charge >= 0.3 is 5.97 Å². The highest BCUT2D eigenvalue weighted by molar-refractivity contribution is 5.87. The van der Waals surface area contributed by atoms with Crippen LogP contribution >= 0.6 is 0 Å². The number of carbonyl (C=O) groups excluding carboxylic acids is 1. The number of nitrogens with one attached hydrogen (secondary N) is 1. The molecule has 0 atom stereocenters. The first-order valence-electron chi connectivity index (χ1n) is 5.45. The molecule has 0 spiro atoms.